The summed E-state index contributed by atoms with van der Waals surface area (Å²) >= 11 is 0. The fourth-order valence-electron chi connectivity index (χ4n) is 5.34. The van der Waals surface area contributed by atoms with Gasteiger partial charge in [0.05, 0.1) is 24.5 Å². The Morgan fingerprint density at radius 1 is 0.714 bits per heavy atom. The second kappa shape index (κ2) is 21.8. The number of ether oxygens (including phenoxy) is 2. The summed E-state index contributed by atoms with van der Waals surface area (Å²) in [5.41, 5.74) is 2.67. The van der Waals surface area contributed by atoms with Gasteiger partial charge in [-0.05, 0) is 55.2 Å². The molecule has 9 heteroatoms. The molecule has 4 atom stereocenters. The first-order chi connectivity index (χ1) is 23.8. The number of aliphatic hydroxyl groups excluding tert-OH is 1. The summed E-state index contributed by atoms with van der Waals surface area (Å²) in [5, 5.41) is 15.3. The number of benzene rings is 3. The van der Waals surface area contributed by atoms with E-state index in [4.69, 9.17) is 9.47 Å². The third kappa shape index (κ3) is 14.3. The van der Waals surface area contributed by atoms with Crippen LogP contribution >= 0.6 is 0 Å². The van der Waals surface area contributed by atoms with Crippen LogP contribution in [-0.4, -0.2) is 54.2 Å². The highest BCUT2D eigenvalue weighted by Crippen LogP contribution is 2.18. The molecular formula is C40H48N2O7. The first-order valence-electron chi connectivity index (χ1n) is 16.7. The summed E-state index contributed by atoms with van der Waals surface area (Å²) in [6.45, 7) is 6.72. The predicted octanol–water partition coefficient (Wildman–Crippen LogP) is 5.28. The maximum Gasteiger partial charge on any atom is 0.332 e. The lowest BCUT2D eigenvalue weighted by Crippen LogP contribution is -2.48. The summed E-state index contributed by atoms with van der Waals surface area (Å²) in [6.07, 6.45) is 6.17. The van der Waals surface area contributed by atoms with E-state index in [0.717, 1.165) is 29.5 Å². The predicted molar refractivity (Wildman–Crippen MR) is 189 cm³/mol. The first-order valence-corrected chi connectivity index (χ1v) is 16.7. The van der Waals surface area contributed by atoms with Gasteiger partial charge in [0.15, 0.2) is 6.04 Å². The molecule has 0 fully saturated rings. The summed E-state index contributed by atoms with van der Waals surface area (Å²) in [4.78, 5) is 53.3. The lowest BCUT2D eigenvalue weighted by molar-refractivity contribution is -0.157. The third-order valence-electron chi connectivity index (χ3n) is 8.00. The number of esters is 2. The minimum absolute atomic E-state index is 0.0410. The van der Waals surface area contributed by atoms with Crippen molar-refractivity contribution in [2.75, 3.05) is 13.2 Å². The molecule has 0 aliphatic rings. The number of rotatable bonds is 22. The van der Waals surface area contributed by atoms with E-state index < -0.39 is 54.3 Å². The van der Waals surface area contributed by atoms with Gasteiger partial charge in [-0.25, -0.2) is 4.79 Å². The Labute approximate surface area is 289 Å². The van der Waals surface area contributed by atoms with Crippen molar-refractivity contribution < 1.29 is 33.8 Å². The van der Waals surface area contributed by atoms with Crippen LogP contribution in [0.1, 0.15) is 48.8 Å². The van der Waals surface area contributed by atoms with Crippen LogP contribution in [0.15, 0.2) is 116 Å². The quantitative estimate of drug-likeness (QED) is 0.0755. The zero-order valence-corrected chi connectivity index (χ0v) is 28.0. The molecule has 3 aromatic carbocycles. The van der Waals surface area contributed by atoms with Crippen molar-refractivity contribution in [1.82, 2.24) is 10.6 Å². The lowest BCUT2D eigenvalue weighted by atomic mass is 9.94. The molecule has 0 aromatic heterocycles. The van der Waals surface area contributed by atoms with Crippen LogP contribution in [0.3, 0.4) is 0 Å². The largest absolute Gasteiger partial charge is 0.463 e. The molecule has 0 saturated carbocycles. The van der Waals surface area contributed by atoms with Crippen LogP contribution in [0.2, 0.25) is 0 Å². The number of allylic oxidation sites excluding steroid dienone is 2. The molecule has 3 rings (SSSR count). The van der Waals surface area contributed by atoms with Crippen molar-refractivity contribution in [2.45, 2.75) is 63.6 Å². The van der Waals surface area contributed by atoms with E-state index in [1.54, 1.807) is 18.2 Å². The van der Waals surface area contributed by atoms with Gasteiger partial charge < -0.3 is 25.2 Å². The molecule has 3 N–H and O–H groups in total. The van der Waals surface area contributed by atoms with E-state index in [1.807, 2.05) is 78.9 Å². The Morgan fingerprint density at radius 2 is 1.31 bits per heavy atom. The Morgan fingerprint density at radius 3 is 1.88 bits per heavy atom. The molecule has 49 heavy (non-hydrogen) atoms. The molecule has 0 heterocycles. The standard InChI is InChI=1S/C40H48N2O7/c1-3-5-9-23-34(24-30-17-10-6-11-18-30)39(46)49-29-36(40(47)48-28-32-21-14-8-15-22-32)42-38(45)33(16-4-2)26-37(44)41-35(27-43)25-31-19-12-7-13-20-31/h3-4,6-8,10-15,17-22,33-36,43H,1-2,5,9,16,23-29H2,(H,41,44)(H,42,45)/t33-,34-,35+,36-/m1/s1. The highest BCUT2D eigenvalue weighted by Gasteiger charge is 2.30. The van der Waals surface area contributed by atoms with Crippen LogP contribution in [0.4, 0.5) is 0 Å². The maximum absolute atomic E-state index is 13.6. The molecule has 0 bridgehead atoms. The van der Waals surface area contributed by atoms with E-state index >= 15 is 0 Å². The van der Waals surface area contributed by atoms with E-state index in [-0.39, 0.29) is 26.1 Å². The summed E-state index contributed by atoms with van der Waals surface area (Å²) < 4.78 is 11.2. The minimum Gasteiger partial charge on any atom is -0.463 e. The smallest absolute Gasteiger partial charge is 0.332 e. The van der Waals surface area contributed by atoms with Gasteiger partial charge in [-0.1, -0.05) is 103 Å². The SMILES string of the molecule is C=CCCC[C@H](Cc1ccccc1)C(=O)OC[C@@H](NC(=O)[C@H](CC=C)CC(=O)N[C@H](CO)Cc1ccccc1)C(=O)OCc1ccccc1. The fourth-order valence-corrected chi connectivity index (χ4v) is 5.34. The number of hydrogen-bond acceptors (Lipinski definition) is 7. The molecule has 0 saturated heterocycles. The number of hydrogen-bond donors (Lipinski definition) is 3. The molecule has 0 aliphatic carbocycles. The van der Waals surface area contributed by atoms with Gasteiger partial charge in [0.25, 0.3) is 0 Å². The first kappa shape index (κ1) is 38.4. The minimum atomic E-state index is -1.32. The molecule has 9 nitrogen and oxygen atoms in total. The molecule has 0 aliphatic heterocycles. The molecule has 260 valence electrons. The topological polar surface area (TPSA) is 131 Å². The summed E-state index contributed by atoms with van der Waals surface area (Å²) in [6, 6.07) is 26.3. The molecule has 3 aromatic rings. The van der Waals surface area contributed by atoms with Crippen LogP contribution < -0.4 is 10.6 Å². The third-order valence-corrected chi connectivity index (χ3v) is 8.00. The summed E-state index contributed by atoms with van der Waals surface area (Å²) in [7, 11) is 0. The van der Waals surface area contributed by atoms with Gasteiger partial charge in [-0.2, -0.15) is 0 Å². The maximum atomic E-state index is 13.6. The van der Waals surface area contributed by atoms with E-state index in [9.17, 15) is 24.3 Å². The average molecular weight is 669 g/mol. The average Bonchev–Trinajstić information content (AvgIpc) is 3.12. The van der Waals surface area contributed by atoms with Crippen molar-refractivity contribution in [2.24, 2.45) is 11.8 Å². The van der Waals surface area contributed by atoms with Gasteiger partial charge >= 0.3 is 11.9 Å². The normalized spacial score (nSPS) is 13.2. The van der Waals surface area contributed by atoms with Crippen molar-refractivity contribution >= 4 is 23.8 Å². The number of aliphatic hydroxyl groups is 1. The van der Waals surface area contributed by atoms with Gasteiger partial charge in [0, 0.05) is 6.42 Å². The van der Waals surface area contributed by atoms with Crippen LogP contribution in [-0.2, 0) is 48.1 Å². The Hall–Kier alpha value is -5.02. The molecule has 2 amide bonds. The van der Waals surface area contributed by atoms with Crippen molar-refractivity contribution in [3.05, 3.63) is 133 Å². The number of unbranched alkanes of at least 4 members (excludes halogenated alkanes) is 1. The lowest BCUT2D eigenvalue weighted by Gasteiger charge is -2.23. The van der Waals surface area contributed by atoms with Gasteiger partial charge in [-0.15, -0.1) is 13.2 Å². The fraction of sp³-hybridized carbons (Fsp3) is 0.350. The van der Waals surface area contributed by atoms with E-state index in [1.165, 1.54) is 6.08 Å². The van der Waals surface area contributed by atoms with Gasteiger partial charge in [-0.3, -0.25) is 14.4 Å². The Bertz CT molecular complexity index is 1460. The molecular weight excluding hydrogens is 620 g/mol. The second-order valence-electron chi connectivity index (χ2n) is 12.0. The van der Waals surface area contributed by atoms with Crippen LogP contribution in [0.5, 0.6) is 0 Å². The van der Waals surface area contributed by atoms with Gasteiger partial charge in [0.1, 0.15) is 13.2 Å². The zero-order chi connectivity index (χ0) is 35.3. The summed E-state index contributed by atoms with van der Waals surface area (Å²) in [5.74, 6) is -3.64. The number of nitrogens with one attached hydrogen (secondary N) is 2. The highest BCUT2D eigenvalue weighted by atomic mass is 16.6. The Kier molecular flexibility index (Phi) is 17.1. The van der Waals surface area contributed by atoms with Crippen molar-refractivity contribution in [1.29, 1.82) is 0 Å². The van der Waals surface area contributed by atoms with E-state index in [2.05, 4.69) is 23.8 Å². The van der Waals surface area contributed by atoms with Crippen LogP contribution in [0, 0.1) is 11.8 Å². The molecule has 0 spiro atoms. The molecule has 0 unspecified atom stereocenters. The number of amides is 2. The van der Waals surface area contributed by atoms with Crippen molar-refractivity contribution in [3.8, 4) is 0 Å². The van der Waals surface area contributed by atoms with Gasteiger partial charge in [0.2, 0.25) is 11.8 Å². The number of carbonyl (C=O) groups excluding carboxylic acids is 4. The van der Waals surface area contributed by atoms with Crippen LogP contribution in [0.25, 0.3) is 0 Å². The zero-order valence-electron chi connectivity index (χ0n) is 28.0. The molecule has 0 radical (unpaired) electrons. The van der Waals surface area contributed by atoms with Crippen molar-refractivity contribution in [3.63, 3.8) is 0 Å². The Balaban J connectivity index is 1.70. The highest BCUT2D eigenvalue weighted by molar-refractivity contribution is 5.89. The van der Waals surface area contributed by atoms with E-state index in [0.29, 0.717) is 19.3 Å². The number of carbonyl (C=O) groups is 4. The monoisotopic (exact) mass is 668 g/mol. The second-order valence-corrected chi connectivity index (χ2v) is 12.0.